The highest BCUT2D eigenvalue weighted by atomic mass is 16.2. The zero-order valence-electron chi connectivity index (χ0n) is 12.5. The minimum atomic E-state index is -0.0591. The van der Waals surface area contributed by atoms with E-state index in [2.05, 4.69) is 15.5 Å². The quantitative estimate of drug-likeness (QED) is 0.793. The largest absolute Gasteiger partial charge is 0.399 e. The molecule has 0 aliphatic carbocycles. The molecule has 0 unspecified atom stereocenters. The topological polar surface area (TPSA) is 89.1 Å². The normalized spacial score (nSPS) is 10.4. The van der Waals surface area contributed by atoms with E-state index >= 15 is 0 Å². The molecule has 2 rings (SSSR count). The number of carbonyl (C=O) groups excluding carboxylic acids is 1. The maximum atomic E-state index is 12.1. The average Bonchev–Trinajstić information content (AvgIpc) is 2.84. The molecule has 0 bridgehead atoms. The van der Waals surface area contributed by atoms with Crippen molar-refractivity contribution in [3.8, 4) is 0 Å². The number of benzene rings is 1. The molecule has 3 N–H and O–H groups in total. The predicted molar refractivity (Wildman–Crippen MR) is 82.1 cm³/mol. The van der Waals surface area contributed by atoms with Gasteiger partial charge in [-0.25, -0.2) is 0 Å². The van der Waals surface area contributed by atoms with Crippen LogP contribution in [0.2, 0.25) is 0 Å². The number of nitrogens with one attached hydrogen (secondary N) is 1. The van der Waals surface area contributed by atoms with Crippen LogP contribution in [0.1, 0.15) is 16.2 Å². The monoisotopic (exact) mass is 288 g/mol. The SMILES string of the molecule is CN(C)C(=O)c1ccc(N)cc1NCCc1nncn1C. The smallest absolute Gasteiger partial charge is 0.255 e. The number of nitrogen functional groups attached to an aromatic ring is 1. The lowest BCUT2D eigenvalue weighted by Crippen LogP contribution is -2.23. The molecule has 0 saturated heterocycles. The van der Waals surface area contributed by atoms with Crippen molar-refractivity contribution in [2.24, 2.45) is 7.05 Å². The van der Waals surface area contributed by atoms with Crippen molar-refractivity contribution in [1.82, 2.24) is 19.7 Å². The van der Waals surface area contributed by atoms with Crippen molar-refractivity contribution < 1.29 is 4.79 Å². The number of hydrogen-bond acceptors (Lipinski definition) is 5. The molecule has 7 nitrogen and oxygen atoms in total. The molecule has 0 fully saturated rings. The number of amides is 1. The zero-order valence-corrected chi connectivity index (χ0v) is 12.5. The van der Waals surface area contributed by atoms with Gasteiger partial charge in [-0.05, 0) is 18.2 Å². The third kappa shape index (κ3) is 3.50. The van der Waals surface area contributed by atoms with Gasteiger partial charge in [0.05, 0.1) is 5.56 Å². The van der Waals surface area contributed by atoms with E-state index in [9.17, 15) is 4.79 Å². The Bertz CT molecular complexity index is 634. The van der Waals surface area contributed by atoms with E-state index in [0.717, 1.165) is 11.5 Å². The van der Waals surface area contributed by atoms with Gasteiger partial charge < -0.3 is 20.5 Å². The summed E-state index contributed by atoms with van der Waals surface area (Å²) in [6, 6.07) is 5.24. The van der Waals surface area contributed by atoms with Gasteiger partial charge >= 0.3 is 0 Å². The molecule has 2 aromatic rings. The molecule has 7 heteroatoms. The van der Waals surface area contributed by atoms with E-state index in [0.29, 0.717) is 24.2 Å². The van der Waals surface area contributed by atoms with Crippen LogP contribution in [0.4, 0.5) is 11.4 Å². The second kappa shape index (κ2) is 6.25. The van der Waals surface area contributed by atoms with Crippen LogP contribution in [0.5, 0.6) is 0 Å². The first kappa shape index (κ1) is 14.8. The number of aryl methyl sites for hydroxylation is 1. The number of anilines is 2. The highest BCUT2D eigenvalue weighted by Crippen LogP contribution is 2.20. The lowest BCUT2D eigenvalue weighted by Gasteiger charge is -2.16. The summed E-state index contributed by atoms with van der Waals surface area (Å²) < 4.78 is 1.87. The van der Waals surface area contributed by atoms with Gasteiger partial charge in [0, 0.05) is 45.5 Å². The molecule has 21 heavy (non-hydrogen) atoms. The second-order valence-corrected chi connectivity index (χ2v) is 5.04. The van der Waals surface area contributed by atoms with Crippen LogP contribution in [-0.2, 0) is 13.5 Å². The maximum absolute atomic E-state index is 12.1. The van der Waals surface area contributed by atoms with Crippen LogP contribution in [0, 0.1) is 0 Å². The fourth-order valence-electron chi connectivity index (χ4n) is 1.98. The van der Waals surface area contributed by atoms with Crippen LogP contribution in [0.3, 0.4) is 0 Å². The fraction of sp³-hybridized carbons (Fsp3) is 0.357. The summed E-state index contributed by atoms with van der Waals surface area (Å²) in [6.45, 7) is 0.643. The summed E-state index contributed by atoms with van der Waals surface area (Å²) >= 11 is 0. The van der Waals surface area contributed by atoms with Crippen molar-refractivity contribution in [2.75, 3.05) is 31.7 Å². The minimum Gasteiger partial charge on any atom is -0.399 e. The van der Waals surface area contributed by atoms with Crippen LogP contribution in [-0.4, -0.2) is 46.2 Å². The summed E-state index contributed by atoms with van der Waals surface area (Å²) in [5, 5.41) is 11.1. The summed E-state index contributed by atoms with van der Waals surface area (Å²) in [4.78, 5) is 13.7. The summed E-state index contributed by atoms with van der Waals surface area (Å²) in [7, 11) is 5.35. The van der Waals surface area contributed by atoms with Crippen molar-refractivity contribution in [1.29, 1.82) is 0 Å². The van der Waals surface area contributed by atoms with Gasteiger partial charge in [0.15, 0.2) is 0 Å². The standard InChI is InChI=1S/C14H20N6O/c1-19(2)14(21)11-5-4-10(15)8-12(11)16-7-6-13-18-17-9-20(13)3/h4-5,8-9,16H,6-7,15H2,1-3H3. The Balaban J connectivity index is 2.10. The van der Waals surface area contributed by atoms with Crippen LogP contribution in [0.25, 0.3) is 0 Å². The number of rotatable bonds is 5. The molecule has 0 spiro atoms. The number of hydrogen-bond donors (Lipinski definition) is 2. The van der Waals surface area contributed by atoms with Gasteiger partial charge in [-0.1, -0.05) is 0 Å². The Kier molecular flexibility index (Phi) is 4.42. The molecule has 0 aliphatic heterocycles. The van der Waals surface area contributed by atoms with Gasteiger partial charge in [0.25, 0.3) is 5.91 Å². The molecular weight excluding hydrogens is 268 g/mol. The molecule has 0 atom stereocenters. The minimum absolute atomic E-state index is 0.0591. The highest BCUT2D eigenvalue weighted by Gasteiger charge is 2.13. The molecular formula is C14H20N6O. The number of aromatic nitrogens is 3. The first-order chi connectivity index (χ1) is 9.99. The lowest BCUT2D eigenvalue weighted by atomic mass is 10.1. The van der Waals surface area contributed by atoms with Gasteiger partial charge in [-0.15, -0.1) is 10.2 Å². The Morgan fingerprint density at radius 3 is 2.81 bits per heavy atom. The van der Waals surface area contributed by atoms with Gasteiger partial charge in [0.1, 0.15) is 12.2 Å². The molecule has 0 aliphatic rings. The van der Waals surface area contributed by atoms with E-state index in [-0.39, 0.29) is 5.91 Å². The molecule has 1 aromatic carbocycles. The Labute approximate surface area is 123 Å². The van der Waals surface area contributed by atoms with Crippen molar-refractivity contribution in [3.05, 3.63) is 35.9 Å². The van der Waals surface area contributed by atoms with Crippen molar-refractivity contribution in [2.45, 2.75) is 6.42 Å². The Morgan fingerprint density at radius 2 is 2.19 bits per heavy atom. The Hall–Kier alpha value is -2.57. The summed E-state index contributed by atoms with van der Waals surface area (Å²) in [5.74, 6) is 0.822. The zero-order chi connectivity index (χ0) is 15.4. The van der Waals surface area contributed by atoms with E-state index in [1.807, 2.05) is 11.6 Å². The molecule has 0 saturated carbocycles. The van der Waals surface area contributed by atoms with Crippen LogP contribution < -0.4 is 11.1 Å². The van der Waals surface area contributed by atoms with Gasteiger partial charge in [-0.3, -0.25) is 4.79 Å². The predicted octanol–water partition coefficient (Wildman–Crippen LogP) is 0.754. The number of carbonyl (C=O) groups is 1. The first-order valence-electron chi connectivity index (χ1n) is 6.67. The maximum Gasteiger partial charge on any atom is 0.255 e. The van der Waals surface area contributed by atoms with Crippen LogP contribution >= 0.6 is 0 Å². The van der Waals surface area contributed by atoms with E-state index in [1.54, 1.807) is 43.5 Å². The van der Waals surface area contributed by atoms with Crippen LogP contribution in [0.15, 0.2) is 24.5 Å². The molecule has 1 amide bonds. The van der Waals surface area contributed by atoms with Crippen molar-refractivity contribution >= 4 is 17.3 Å². The van der Waals surface area contributed by atoms with E-state index in [1.165, 1.54) is 0 Å². The fourth-order valence-corrected chi connectivity index (χ4v) is 1.98. The summed E-state index contributed by atoms with van der Waals surface area (Å²) in [5.41, 5.74) is 7.76. The molecule has 1 aromatic heterocycles. The van der Waals surface area contributed by atoms with E-state index < -0.39 is 0 Å². The van der Waals surface area contributed by atoms with Crippen molar-refractivity contribution in [3.63, 3.8) is 0 Å². The third-order valence-corrected chi connectivity index (χ3v) is 3.15. The first-order valence-corrected chi connectivity index (χ1v) is 6.67. The van der Waals surface area contributed by atoms with Gasteiger partial charge in [0.2, 0.25) is 0 Å². The van der Waals surface area contributed by atoms with Gasteiger partial charge in [-0.2, -0.15) is 0 Å². The number of nitrogens with two attached hydrogens (primary N) is 1. The second-order valence-electron chi connectivity index (χ2n) is 5.04. The third-order valence-electron chi connectivity index (χ3n) is 3.15. The molecule has 0 radical (unpaired) electrons. The molecule has 112 valence electrons. The molecule has 1 heterocycles. The van der Waals surface area contributed by atoms with E-state index in [4.69, 9.17) is 5.73 Å². The number of nitrogens with zero attached hydrogens (tertiary/aromatic N) is 4. The lowest BCUT2D eigenvalue weighted by molar-refractivity contribution is 0.0828. The highest BCUT2D eigenvalue weighted by molar-refractivity contribution is 5.99. The Morgan fingerprint density at radius 1 is 1.43 bits per heavy atom. The average molecular weight is 288 g/mol. The summed E-state index contributed by atoms with van der Waals surface area (Å²) in [6.07, 6.45) is 2.37.